The highest BCUT2D eigenvalue weighted by atomic mass is 127. The van der Waals surface area contributed by atoms with Crippen LogP contribution in [0.25, 0.3) is 11.3 Å². The molecule has 1 heterocycles. The van der Waals surface area contributed by atoms with E-state index in [4.69, 9.17) is 4.98 Å². The molecule has 88 valence electrons. The predicted octanol–water partition coefficient (Wildman–Crippen LogP) is 4.05. The molecule has 0 saturated carbocycles. The van der Waals surface area contributed by atoms with Crippen molar-refractivity contribution >= 4 is 22.6 Å². The van der Waals surface area contributed by atoms with Crippen molar-refractivity contribution < 1.29 is 0 Å². The van der Waals surface area contributed by atoms with Gasteiger partial charge in [-0.25, -0.2) is 9.97 Å². The van der Waals surface area contributed by atoms with E-state index in [0.717, 1.165) is 20.7 Å². The van der Waals surface area contributed by atoms with Crippen LogP contribution in [0.4, 0.5) is 0 Å². The van der Waals surface area contributed by atoms with E-state index in [1.165, 1.54) is 0 Å². The van der Waals surface area contributed by atoms with Gasteiger partial charge in [-0.2, -0.15) is 0 Å². The maximum absolute atomic E-state index is 4.70. The van der Waals surface area contributed by atoms with Crippen molar-refractivity contribution in [1.82, 2.24) is 9.97 Å². The number of hydrogen-bond acceptors (Lipinski definition) is 2. The molecular formula is C14H15IN2. The first-order valence-corrected chi connectivity index (χ1v) is 6.65. The fourth-order valence-corrected chi connectivity index (χ4v) is 2.10. The van der Waals surface area contributed by atoms with Crippen LogP contribution >= 0.6 is 22.6 Å². The topological polar surface area (TPSA) is 25.8 Å². The number of benzene rings is 1. The third kappa shape index (κ3) is 2.83. The van der Waals surface area contributed by atoms with E-state index in [1.807, 2.05) is 24.4 Å². The molecule has 2 aromatic rings. The largest absolute Gasteiger partial charge is 0.240 e. The van der Waals surface area contributed by atoms with Gasteiger partial charge < -0.3 is 0 Å². The van der Waals surface area contributed by atoms with Gasteiger partial charge in [-0.15, -0.1) is 0 Å². The van der Waals surface area contributed by atoms with Gasteiger partial charge in [0.25, 0.3) is 0 Å². The van der Waals surface area contributed by atoms with Gasteiger partial charge in [-0.05, 0) is 22.6 Å². The van der Waals surface area contributed by atoms with E-state index in [-0.39, 0.29) is 5.41 Å². The Kier molecular flexibility index (Phi) is 3.47. The summed E-state index contributed by atoms with van der Waals surface area (Å²) >= 11 is 2.28. The lowest BCUT2D eigenvalue weighted by atomic mass is 9.95. The lowest BCUT2D eigenvalue weighted by molar-refractivity contribution is 0.545. The smallest absolute Gasteiger partial charge is 0.134 e. The fourth-order valence-electron chi connectivity index (χ4n) is 1.53. The summed E-state index contributed by atoms with van der Waals surface area (Å²) < 4.78 is 1.09. The minimum Gasteiger partial charge on any atom is -0.240 e. The molecule has 2 rings (SSSR count). The van der Waals surface area contributed by atoms with E-state index in [0.29, 0.717) is 0 Å². The lowest BCUT2D eigenvalue weighted by Crippen LogP contribution is -2.16. The van der Waals surface area contributed by atoms with Crippen molar-refractivity contribution in [3.63, 3.8) is 0 Å². The molecule has 0 spiro atoms. The van der Waals surface area contributed by atoms with E-state index < -0.39 is 0 Å². The summed E-state index contributed by atoms with van der Waals surface area (Å²) in [4.78, 5) is 9.11. The Labute approximate surface area is 116 Å². The highest BCUT2D eigenvalue weighted by Gasteiger charge is 2.19. The zero-order chi connectivity index (χ0) is 12.5. The average Bonchev–Trinajstić information content (AvgIpc) is 2.29. The van der Waals surface area contributed by atoms with Gasteiger partial charge in [-0.3, -0.25) is 0 Å². The fraction of sp³-hybridized carbons (Fsp3) is 0.286. The lowest BCUT2D eigenvalue weighted by Gasteiger charge is -2.17. The monoisotopic (exact) mass is 338 g/mol. The molecule has 17 heavy (non-hydrogen) atoms. The molecule has 1 aromatic heterocycles. The number of rotatable bonds is 1. The first kappa shape index (κ1) is 12.5. The third-order valence-electron chi connectivity index (χ3n) is 2.46. The molecule has 0 fully saturated rings. The van der Waals surface area contributed by atoms with Crippen LogP contribution in [0.1, 0.15) is 26.6 Å². The summed E-state index contributed by atoms with van der Waals surface area (Å²) in [6.07, 6.45) is 1.90. The molecule has 3 heteroatoms. The molecular weight excluding hydrogens is 323 g/mol. The average molecular weight is 338 g/mol. The van der Waals surface area contributed by atoms with E-state index >= 15 is 0 Å². The number of hydrogen-bond donors (Lipinski definition) is 0. The molecule has 1 aromatic carbocycles. The van der Waals surface area contributed by atoms with Crippen LogP contribution in [-0.2, 0) is 5.41 Å². The van der Waals surface area contributed by atoms with Gasteiger partial charge in [0.05, 0.1) is 9.26 Å². The molecule has 0 amide bonds. The summed E-state index contributed by atoms with van der Waals surface area (Å²) in [5, 5.41) is 0. The van der Waals surface area contributed by atoms with Gasteiger partial charge in [0.2, 0.25) is 0 Å². The molecule has 0 aliphatic carbocycles. The van der Waals surface area contributed by atoms with E-state index in [9.17, 15) is 0 Å². The van der Waals surface area contributed by atoms with Crippen molar-refractivity contribution in [2.24, 2.45) is 0 Å². The van der Waals surface area contributed by atoms with Gasteiger partial charge in [0.15, 0.2) is 0 Å². The van der Waals surface area contributed by atoms with E-state index in [2.05, 4.69) is 60.5 Å². The normalized spacial score (nSPS) is 11.5. The molecule has 2 nitrogen and oxygen atoms in total. The Morgan fingerprint density at radius 1 is 1.06 bits per heavy atom. The first-order valence-electron chi connectivity index (χ1n) is 5.57. The second-order valence-electron chi connectivity index (χ2n) is 5.01. The Balaban J connectivity index is 2.55. The SMILES string of the molecule is CC(C)(C)c1ncc(I)c(-c2ccccc2)n1. The standard InChI is InChI=1S/C14H15IN2/c1-14(2,3)13-16-9-11(15)12(17-13)10-7-5-4-6-8-10/h4-9H,1-3H3. The molecule has 0 aliphatic rings. The predicted molar refractivity (Wildman–Crippen MR) is 78.9 cm³/mol. The Bertz CT molecular complexity index is 515. The van der Waals surface area contributed by atoms with Crippen LogP contribution in [0.3, 0.4) is 0 Å². The molecule has 0 bridgehead atoms. The maximum Gasteiger partial charge on any atom is 0.134 e. The Morgan fingerprint density at radius 3 is 2.29 bits per heavy atom. The van der Waals surface area contributed by atoms with Crippen LogP contribution in [0.2, 0.25) is 0 Å². The summed E-state index contributed by atoms with van der Waals surface area (Å²) in [5.74, 6) is 0.886. The number of halogens is 1. The van der Waals surface area contributed by atoms with Gasteiger partial charge in [-0.1, -0.05) is 51.1 Å². The minimum atomic E-state index is -0.0200. The Hall–Kier alpha value is -0.970. The van der Waals surface area contributed by atoms with Crippen LogP contribution in [0, 0.1) is 3.57 Å². The van der Waals surface area contributed by atoms with Gasteiger partial charge >= 0.3 is 0 Å². The molecule has 0 N–H and O–H groups in total. The summed E-state index contributed by atoms with van der Waals surface area (Å²) in [5.41, 5.74) is 2.14. The summed E-state index contributed by atoms with van der Waals surface area (Å²) in [6.45, 7) is 6.39. The van der Waals surface area contributed by atoms with Crippen molar-refractivity contribution in [3.8, 4) is 11.3 Å². The first-order chi connectivity index (χ1) is 7.98. The number of nitrogens with zero attached hydrogens (tertiary/aromatic N) is 2. The van der Waals surface area contributed by atoms with Crippen molar-refractivity contribution in [3.05, 3.63) is 45.9 Å². The van der Waals surface area contributed by atoms with Crippen molar-refractivity contribution in [2.75, 3.05) is 0 Å². The maximum atomic E-state index is 4.70. The second-order valence-corrected chi connectivity index (χ2v) is 6.17. The van der Waals surface area contributed by atoms with Crippen LogP contribution in [-0.4, -0.2) is 9.97 Å². The zero-order valence-electron chi connectivity index (χ0n) is 10.2. The van der Waals surface area contributed by atoms with Gasteiger partial charge in [0, 0.05) is 17.2 Å². The zero-order valence-corrected chi connectivity index (χ0v) is 12.4. The number of aromatic nitrogens is 2. The summed E-state index contributed by atoms with van der Waals surface area (Å²) in [6, 6.07) is 10.2. The van der Waals surface area contributed by atoms with Crippen LogP contribution in [0.15, 0.2) is 36.5 Å². The molecule has 0 unspecified atom stereocenters. The molecule has 0 radical (unpaired) electrons. The Morgan fingerprint density at radius 2 is 1.71 bits per heavy atom. The minimum absolute atomic E-state index is 0.0200. The van der Waals surface area contributed by atoms with Crippen molar-refractivity contribution in [2.45, 2.75) is 26.2 Å². The van der Waals surface area contributed by atoms with Crippen LogP contribution < -0.4 is 0 Å². The summed E-state index contributed by atoms with van der Waals surface area (Å²) in [7, 11) is 0. The quantitative estimate of drug-likeness (QED) is 0.734. The molecule has 0 aliphatic heterocycles. The molecule has 0 saturated heterocycles. The highest BCUT2D eigenvalue weighted by Crippen LogP contribution is 2.26. The second kappa shape index (κ2) is 4.72. The highest BCUT2D eigenvalue weighted by molar-refractivity contribution is 14.1. The van der Waals surface area contributed by atoms with E-state index in [1.54, 1.807) is 0 Å². The van der Waals surface area contributed by atoms with Gasteiger partial charge in [0.1, 0.15) is 5.82 Å². The van der Waals surface area contributed by atoms with Crippen LogP contribution in [0.5, 0.6) is 0 Å². The molecule has 0 atom stereocenters. The van der Waals surface area contributed by atoms with Crippen molar-refractivity contribution in [1.29, 1.82) is 0 Å². The third-order valence-corrected chi connectivity index (χ3v) is 3.25.